The quantitative estimate of drug-likeness (QED) is 0.452. The number of pyridine rings is 1. The van der Waals surface area contributed by atoms with E-state index < -0.39 is 24.3 Å². The maximum atomic E-state index is 12.6. The lowest BCUT2D eigenvalue weighted by Gasteiger charge is -2.33. The number of aliphatic carboxylic acids is 2. The standard InChI is InChI=1S/C20H25N3O3.2C2HF3O2/c1-13-5-6-16(25-13)11-23-9-7-15-10-18(26-19(15)12-23)20(24)22-17-4-3-8-21-14(17)2;2*3-2(4,5)1(6)7/h3-6,8,15,18-19H,7,9-12H2,1-2H3,(H,22,24);2*(H,6,7)/t15-,18+,19+;;/m0../s1. The van der Waals surface area contributed by atoms with E-state index >= 15 is 0 Å². The Hall–Kier alpha value is -3.66. The van der Waals surface area contributed by atoms with E-state index in [1.807, 2.05) is 38.1 Å². The van der Waals surface area contributed by atoms with Gasteiger partial charge < -0.3 is 24.7 Å². The molecule has 10 nitrogen and oxygen atoms in total. The molecule has 3 atom stereocenters. The number of aryl methyl sites for hydroxylation is 2. The summed E-state index contributed by atoms with van der Waals surface area (Å²) < 4.78 is 75.3. The van der Waals surface area contributed by atoms with E-state index in [0.717, 1.165) is 55.4 Å². The van der Waals surface area contributed by atoms with Crippen molar-refractivity contribution in [3.05, 3.63) is 47.7 Å². The fraction of sp³-hybridized carbons (Fsp3) is 0.500. The van der Waals surface area contributed by atoms with Crippen LogP contribution in [0.25, 0.3) is 0 Å². The molecule has 0 bridgehead atoms. The van der Waals surface area contributed by atoms with Crippen LogP contribution in [-0.2, 0) is 25.7 Å². The van der Waals surface area contributed by atoms with Gasteiger partial charge in [0.25, 0.3) is 5.91 Å². The molecule has 40 heavy (non-hydrogen) atoms. The number of furan rings is 1. The number of halogens is 6. The summed E-state index contributed by atoms with van der Waals surface area (Å²) in [5, 5.41) is 17.2. The Morgan fingerprint density at radius 2 is 1.65 bits per heavy atom. The van der Waals surface area contributed by atoms with Crippen LogP contribution >= 0.6 is 0 Å². The van der Waals surface area contributed by atoms with Crippen LogP contribution in [-0.4, -0.2) is 75.6 Å². The van der Waals surface area contributed by atoms with E-state index in [9.17, 15) is 31.1 Å². The summed E-state index contributed by atoms with van der Waals surface area (Å²) in [5.74, 6) is -3.20. The van der Waals surface area contributed by atoms with Crippen LogP contribution < -0.4 is 5.32 Å². The molecule has 0 unspecified atom stereocenters. The molecule has 0 radical (unpaired) electrons. The molecular formula is C24H27F6N3O7. The second kappa shape index (κ2) is 13.6. The zero-order chi connectivity index (χ0) is 30.3. The number of carboxylic acids is 2. The number of piperidine rings is 1. The van der Waals surface area contributed by atoms with Gasteiger partial charge in [-0.1, -0.05) is 0 Å². The summed E-state index contributed by atoms with van der Waals surface area (Å²) in [7, 11) is 0. The first-order valence-electron chi connectivity index (χ1n) is 11.7. The maximum Gasteiger partial charge on any atom is 0.490 e. The van der Waals surface area contributed by atoms with Gasteiger partial charge in [-0.3, -0.25) is 14.7 Å². The number of nitrogens with one attached hydrogen (secondary N) is 1. The Kier molecular flexibility index (Phi) is 11.1. The first kappa shape index (κ1) is 32.6. The number of ether oxygens (including phenoxy) is 1. The topological polar surface area (TPSA) is 142 Å². The first-order valence-corrected chi connectivity index (χ1v) is 11.7. The normalized spacial score (nSPS) is 20.8. The van der Waals surface area contributed by atoms with Gasteiger partial charge in [0.2, 0.25) is 0 Å². The third kappa shape index (κ3) is 10.1. The van der Waals surface area contributed by atoms with Crippen molar-refractivity contribution < 1.29 is 60.1 Å². The third-order valence-corrected chi connectivity index (χ3v) is 5.85. The molecule has 222 valence electrons. The molecule has 2 aliphatic heterocycles. The number of nitrogens with zero attached hydrogens (tertiary/aromatic N) is 2. The molecule has 2 aromatic rings. The summed E-state index contributed by atoms with van der Waals surface area (Å²) in [6, 6.07) is 7.72. The number of hydrogen-bond donors (Lipinski definition) is 3. The zero-order valence-electron chi connectivity index (χ0n) is 21.3. The Morgan fingerprint density at radius 3 is 2.15 bits per heavy atom. The molecule has 4 heterocycles. The minimum absolute atomic E-state index is 0.0660. The summed E-state index contributed by atoms with van der Waals surface area (Å²) in [6.45, 7) is 6.51. The number of amides is 1. The number of carbonyl (C=O) groups excluding carboxylic acids is 1. The van der Waals surface area contributed by atoms with Gasteiger partial charge in [-0.2, -0.15) is 26.3 Å². The molecule has 2 aliphatic rings. The highest BCUT2D eigenvalue weighted by Crippen LogP contribution is 2.34. The van der Waals surface area contributed by atoms with Gasteiger partial charge in [-0.05, 0) is 63.4 Å². The van der Waals surface area contributed by atoms with E-state index in [1.165, 1.54) is 0 Å². The molecule has 0 aliphatic carbocycles. The number of anilines is 1. The molecule has 2 fully saturated rings. The summed E-state index contributed by atoms with van der Waals surface area (Å²) >= 11 is 0. The van der Waals surface area contributed by atoms with Crippen molar-refractivity contribution in [1.82, 2.24) is 9.88 Å². The molecule has 16 heteroatoms. The van der Waals surface area contributed by atoms with Crippen LogP contribution in [0.4, 0.5) is 32.0 Å². The van der Waals surface area contributed by atoms with Crippen molar-refractivity contribution in [2.75, 3.05) is 18.4 Å². The highest BCUT2D eigenvalue weighted by atomic mass is 19.4. The molecular weight excluding hydrogens is 556 g/mol. The number of hydrogen-bond acceptors (Lipinski definition) is 7. The van der Waals surface area contributed by atoms with Crippen LogP contribution in [0.5, 0.6) is 0 Å². The Bertz CT molecular complexity index is 1140. The Balaban J connectivity index is 0.000000333. The minimum atomic E-state index is -5.08. The smallest absolute Gasteiger partial charge is 0.475 e. The number of carbonyl (C=O) groups is 3. The number of likely N-dealkylation sites (tertiary alicyclic amines) is 1. The van der Waals surface area contributed by atoms with Crippen LogP contribution in [0.2, 0.25) is 0 Å². The van der Waals surface area contributed by atoms with Crippen molar-refractivity contribution in [2.24, 2.45) is 5.92 Å². The van der Waals surface area contributed by atoms with Gasteiger partial charge in [0.1, 0.15) is 17.6 Å². The minimum Gasteiger partial charge on any atom is -0.475 e. The van der Waals surface area contributed by atoms with Gasteiger partial charge in [0, 0.05) is 12.7 Å². The average Bonchev–Trinajstić information content (AvgIpc) is 3.45. The van der Waals surface area contributed by atoms with E-state index in [0.29, 0.717) is 5.92 Å². The van der Waals surface area contributed by atoms with Gasteiger partial charge in [0.05, 0.1) is 24.0 Å². The summed E-state index contributed by atoms with van der Waals surface area (Å²) in [5.41, 5.74) is 1.57. The van der Waals surface area contributed by atoms with Crippen LogP contribution in [0.3, 0.4) is 0 Å². The molecule has 1 amide bonds. The molecule has 3 N–H and O–H groups in total. The predicted molar refractivity (Wildman–Crippen MR) is 125 cm³/mol. The largest absolute Gasteiger partial charge is 0.490 e. The van der Waals surface area contributed by atoms with Crippen molar-refractivity contribution in [1.29, 1.82) is 0 Å². The molecule has 0 spiro atoms. The summed E-state index contributed by atoms with van der Waals surface area (Å²) in [6.07, 6.45) is -6.86. The van der Waals surface area contributed by atoms with Gasteiger partial charge >= 0.3 is 24.3 Å². The highest BCUT2D eigenvalue weighted by Gasteiger charge is 2.42. The molecule has 2 saturated heterocycles. The average molecular weight is 583 g/mol. The van der Waals surface area contributed by atoms with Crippen molar-refractivity contribution in [3.63, 3.8) is 0 Å². The number of aromatic nitrogens is 1. The van der Waals surface area contributed by atoms with Crippen molar-refractivity contribution in [3.8, 4) is 0 Å². The van der Waals surface area contributed by atoms with Crippen LogP contribution in [0.1, 0.15) is 30.1 Å². The van der Waals surface area contributed by atoms with E-state index in [1.54, 1.807) is 6.20 Å². The highest BCUT2D eigenvalue weighted by molar-refractivity contribution is 5.94. The lowest BCUT2D eigenvalue weighted by Crippen LogP contribution is -2.41. The van der Waals surface area contributed by atoms with Crippen LogP contribution in [0.15, 0.2) is 34.9 Å². The monoisotopic (exact) mass is 583 g/mol. The number of carboxylic acid groups (broad SMARTS) is 2. The van der Waals surface area contributed by atoms with Crippen LogP contribution in [0, 0.1) is 19.8 Å². The third-order valence-electron chi connectivity index (χ3n) is 5.85. The summed E-state index contributed by atoms with van der Waals surface area (Å²) in [4.78, 5) is 36.9. The van der Waals surface area contributed by atoms with Gasteiger partial charge in [0.15, 0.2) is 0 Å². The van der Waals surface area contributed by atoms with E-state index in [-0.39, 0.29) is 18.1 Å². The molecule has 2 aromatic heterocycles. The lowest BCUT2D eigenvalue weighted by molar-refractivity contribution is -0.193. The Labute approximate surface area is 223 Å². The van der Waals surface area contributed by atoms with Gasteiger partial charge in [-0.25, -0.2) is 9.59 Å². The maximum absolute atomic E-state index is 12.6. The molecule has 0 aromatic carbocycles. The number of rotatable bonds is 4. The Morgan fingerprint density at radius 1 is 1.05 bits per heavy atom. The second-order valence-corrected chi connectivity index (χ2v) is 8.93. The molecule has 0 saturated carbocycles. The number of alkyl halides is 6. The van der Waals surface area contributed by atoms with E-state index in [2.05, 4.69) is 15.2 Å². The van der Waals surface area contributed by atoms with Crippen molar-refractivity contribution in [2.45, 2.75) is 57.8 Å². The SMILES string of the molecule is Cc1ccc(CN2CC[C@H]3C[C@H](C(=O)Nc4cccnc4C)O[C@@H]3C2)o1.O=C(O)C(F)(F)F.O=C(O)C(F)(F)F. The van der Waals surface area contributed by atoms with Crippen molar-refractivity contribution >= 4 is 23.5 Å². The fourth-order valence-corrected chi connectivity index (χ4v) is 3.93. The second-order valence-electron chi connectivity index (χ2n) is 8.93. The van der Waals surface area contributed by atoms with E-state index in [4.69, 9.17) is 29.0 Å². The van der Waals surface area contributed by atoms with Gasteiger partial charge in [-0.15, -0.1) is 0 Å². The predicted octanol–water partition coefficient (Wildman–Crippen LogP) is 4.18. The zero-order valence-corrected chi connectivity index (χ0v) is 21.3. The fourth-order valence-electron chi connectivity index (χ4n) is 3.93. The number of fused-ring (bicyclic) bond motifs is 1. The lowest BCUT2D eigenvalue weighted by atomic mass is 9.91. The first-order chi connectivity index (χ1) is 18.5. The molecule has 4 rings (SSSR count).